The van der Waals surface area contributed by atoms with Crippen molar-refractivity contribution >= 4 is 5.69 Å². The molecule has 3 heteroatoms. The molecule has 0 bridgehead atoms. The summed E-state index contributed by atoms with van der Waals surface area (Å²) in [5, 5.41) is 0. The zero-order valence-electron chi connectivity index (χ0n) is 16.7. The zero-order valence-corrected chi connectivity index (χ0v) is 16.7. The number of piperidine rings is 1. The monoisotopic (exact) mass is 343 g/mol. The summed E-state index contributed by atoms with van der Waals surface area (Å²) in [6.07, 6.45) is 2.72. The lowest BCUT2D eigenvalue weighted by atomic mass is 9.71. The third kappa shape index (κ3) is 4.20. The van der Waals surface area contributed by atoms with Crippen molar-refractivity contribution in [1.82, 2.24) is 9.80 Å². The molecule has 0 saturated carbocycles. The van der Waals surface area contributed by atoms with Gasteiger partial charge in [-0.05, 0) is 44.7 Å². The van der Waals surface area contributed by atoms with Gasteiger partial charge in [0.1, 0.15) is 0 Å². The summed E-state index contributed by atoms with van der Waals surface area (Å²) < 4.78 is 0. The summed E-state index contributed by atoms with van der Waals surface area (Å²) in [5.41, 5.74) is 2.08. The smallest absolute Gasteiger partial charge is 0.0366 e. The summed E-state index contributed by atoms with van der Waals surface area (Å²) in [6.45, 7) is 17.8. The van der Waals surface area contributed by atoms with Crippen molar-refractivity contribution < 1.29 is 0 Å². The molecule has 0 N–H and O–H groups in total. The van der Waals surface area contributed by atoms with Gasteiger partial charge >= 0.3 is 0 Å². The molecule has 0 aliphatic carbocycles. The van der Waals surface area contributed by atoms with Crippen LogP contribution < -0.4 is 4.90 Å². The van der Waals surface area contributed by atoms with Crippen LogP contribution in [0.4, 0.5) is 5.69 Å². The first-order valence-corrected chi connectivity index (χ1v) is 10.4. The van der Waals surface area contributed by atoms with Crippen molar-refractivity contribution in [3.05, 3.63) is 30.3 Å². The predicted octanol–water partition coefficient (Wildman–Crippen LogP) is 3.96. The van der Waals surface area contributed by atoms with Crippen LogP contribution in [0.25, 0.3) is 0 Å². The molecule has 3 aliphatic rings. The molecule has 4 rings (SSSR count). The Balaban J connectivity index is 0.000000880. The Kier molecular flexibility index (Phi) is 6.06. The maximum absolute atomic E-state index is 2.72. The Morgan fingerprint density at radius 2 is 1.56 bits per heavy atom. The highest BCUT2D eigenvalue weighted by atomic mass is 15.3. The van der Waals surface area contributed by atoms with Crippen LogP contribution in [0.15, 0.2) is 30.3 Å². The van der Waals surface area contributed by atoms with Crippen molar-refractivity contribution in [2.24, 2.45) is 11.3 Å². The first-order valence-electron chi connectivity index (χ1n) is 10.4. The molecule has 0 radical (unpaired) electrons. The van der Waals surface area contributed by atoms with Crippen LogP contribution in [0.1, 0.15) is 40.5 Å². The Bertz CT molecular complexity index is 505. The Labute approximate surface area is 155 Å². The molecule has 3 aliphatic heterocycles. The number of hydrogen-bond donors (Lipinski definition) is 0. The van der Waals surface area contributed by atoms with E-state index in [1.165, 1.54) is 64.3 Å². The normalized spacial score (nSPS) is 23.8. The van der Waals surface area contributed by atoms with Gasteiger partial charge in [-0.15, -0.1) is 0 Å². The molecule has 3 heterocycles. The molecule has 0 unspecified atom stereocenters. The fraction of sp³-hybridized carbons (Fsp3) is 0.727. The number of para-hydroxylation sites is 1. The van der Waals surface area contributed by atoms with Crippen molar-refractivity contribution in [3.8, 4) is 0 Å². The largest absolute Gasteiger partial charge is 0.372 e. The molecule has 1 aromatic carbocycles. The standard InChI is InChI=1S/C20H31N3.C2H6/c1-17(2)23-15-20(16-23)13-21(14-20)12-18-8-10-22(11-9-18)19-6-4-3-5-7-19;1-2/h3-7,17-18H,8-16H2,1-2H3;1-2H3. The van der Waals surface area contributed by atoms with Crippen LogP contribution in [0.5, 0.6) is 0 Å². The van der Waals surface area contributed by atoms with Gasteiger partial charge in [0.05, 0.1) is 0 Å². The molecular weight excluding hydrogens is 306 g/mol. The third-order valence-corrected chi connectivity index (χ3v) is 6.18. The highest BCUT2D eigenvalue weighted by molar-refractivity contribution is 5.46. The van der Waals surface area contributed by atoms with E-state index < -0.39 is 0 Å². The van der Waals surface area contributed by atoms with E-state index in [9.17, 15) is 0 Å². The van der Waals surface area contributed by atoms with E-state index in [0.29, 0.717) is 5.41 Å². The Morgan fingerprint density at radius 3 is 2.12 bits per heavy atom. The van der Waals surface area contributed by atoms with E-state index in [1.807, 2.05) is 13.8 Å². The summed E-state index contributed by atoms with van der Waals surface area (Å²) >= 11 is 0. The van der Waals surface area contributed by atoms with Gasteiger partial charge < -0.3 is 9.80 Å². The van der Waals surface area contributed by atoms with Crippen molar-refractivity contribution in [1.29, 1.82) is 0 Å². The van der Waals surface area contributed by atoms with Crippen molar-refractivity contribution in [3.63, 3.8) is 0 Å². The van der Waals surface area contributed by atoms with Crippen LogP contribution >= 0.6 is 0 Å². The molecule has 0 aromatic heterocycles. The van der Waals surface area contributed by atoms with E-state index in [-0.39, 0.29) is 0 Å². The molecule has 140 valence electrons. The quantitative estimate of drug-likeness (QED) is 0.819. The second-order valence-corrected chi connectivity index (χ2v) is 8.43. The van der Waals surface area contributed by atoms with E-state index in [4.69, 9.17) is 0 Å². The maximum Gasteiger partial charge on any atom is 0.0366 e. The zero-order chi connectivity index (χ0) is 17.9. The third-order valence-electron chi connectivity index (χ3n) is 6.18. The number of benzene rings is 1. The number of nitrogens with zero attached hydrogens (tertiary/aromatic N) is 3. The van der Waals surface area contributed by atoms with Crippen LogP contribution in [-0.4, -0.2) is 61.7 Å². The topological polar surface area (TPSA) is 9.72 Å². The average molecular weight is 344 g/mol. The lowest BCUT2D eigenvalue weighted by molar-refractivity contribution is -0.129. The SMILES string of the molecule is CC.CC(C)N1CC2(CN(CC3CCN(c4ccccc4)CC3)C2)C1. The molecule has 25 heavy (non-hydrogen) atoms. The summed E-state index contributed by atoms with van der Waals surface area (Å²) in [4.78, 5) is 7.90. The summed E-state index contributed by atoms with van der Waals surface area (Å²) in [6, 6.07) is 11.6. The van der Waals surface area contributed by atoms with Gasteiger partial charge in [-0.1, -0.05) is 32.0 Å². The Morgan fingerprint density at radius 1 is 0.960 bits per heavy atom. The van der Waals surface area contributed by atoms with E-state index in [0.717, 1.165) is 12.0 Å². The fourth-order valence-corrected chi connectivity index (χ4v) is 4.79. The van der Waals surface area contributed by atoms with E-state index >= 15 is 0 Å². The van der Waals surface area contributed by atoms with Gasteiger partial charge in [0.25, 0.3) is 0 Å². The molecule has 1 spiro atoms. The maximum atomic E-state index is 2.72. The molecule has 3 nitrogen and oxygen atoms in total. The van der Waals surface area contributed by atoms with Gasteiger partial charge in [-0.25, -0.2) is 0 Å². The van der Waals surface area contributed by atoms with Gasteiger partial charge in [-0.2, -0.15) is 0 Å². The van der Waals surface area contributed by atoms with Gasteiger partial charge in [-0.3, -0.25) is 4.90 Å². The number of anilines is 1. The van der Waals surface area contributed by atoms with Crippen molar-refractivity contribution in [2.45, 2.75) is 46.6 Å². The van der Waals surface area contributed by atoms with Gasteiger partial charge in [0, 0.05) is 63.0 Å². The second-order valence-electron chi connectivity index (χ2n) is 8.43. The predicted molar refractivity (Wildman–Crippen MR) is 108 cm³/mol. The van der Waals surface area contributed by atoms with Gasteiger partial charge in [0.2, 0.25) is 0 Å². The number of rotatable bonds is 4. The lowest BCUT2D eigenvalue weighted by Gasteiger charge is -2.62. The molecule has 3 fully saturated rings. The highest BCUT2D eigenvalue weighted by Gasteiger charge is 2.51. The minimum absolute atomic E-state index is 0.676. The number of hydrogen-bond acceptors (Lipinski definition) is 3. The molecule has 3 saturated heterocycles. The highest BCUT2D eigenvalue weighted by Crippen LogP contribution is 2.41. The summed E-state index contributed by atoms with van der Waals surface area (Å²) in [5.74, 6) is 0.911. The first-order chi connectivity index (χ1) is 12.1. The average Bonchev–Trinajstić information content (AvgIpc) is 2.58. The molecular formula is C22H37N3. The molecule has 1 aromatic rings. The first kappa shape index (κ1) is 18.7. The fourth-order valence-electron chi connectivity index (χ4n) is 4.79. The Hall–Kier alpha value is -1.06. The van der Waals surface area contributed by atoms with Crippen LogP contribution in [0, 0.1) is 11.3 Å². The minimum atomic E-state index is 0.676. The second kappa shape index (κ2) is 8.09. The van der Waals surface area contributed by atoms with E-state index in [2.05, 4.69) is 58.9 Å². The van der Waals surface area contributed by atoms with E-state index in [1.54, 1.807) is 0 Å². The molecule has 0 amide bonds. The van der Waals surface area contributed by atoms with Gasteiger partial charge in [0.15, 0.2) is 0 Å². The number of likely N-dealkylation sites (tertiary alicyclic amines) is 2. The minimum Gasteiger partial charge on any atom is -0.372 e. The molecule has 0 atom stereocenters. The van der Waals surface area contributed by atoms with Crippen LogP contribution in [0.3, 0.4) is 0 Å². The van der Waals surface area contributed by atoms with Crippen molar-refractivity contribution in [2.75, 3.05) is 50.7 Å². The summed E-state index contributed by atoms with van der Waals surface area (Å²) in [7, 11) is 0. The lowest BCUT2D eigenvalue weighted by Crippen LogP contribution is -2.73. The van der Waals surface area contributed by atoms with Crippen LogP contribution in [0.2, 0.25) is 0 Å². The van der Waals surface area contributed by atoms with Crippen LogP contribution in [-0.2, 0) is 0 Å².